The van der Waals surface area contributed by atoms with Crippen LogP contribution in [0.5, 0.6) is 5.75 Å². The van der Waals surface area contributed by atoms with E-state index in [0.717, 1.165) is 17.7 Å². The van der Waals surface area contributed by atoms with Crippen LogP contribution in [0.2, 0.25) is 0 Å². The monoisotopic (exact) mass is 289 g/mol. The summed E-state index contributed by atoms with van der Waals surface area (Å²) in [4.78, 5) is 24.4. The molecule has 112 valence electrons. The van der Waals surface area contributed by atoms with Crippen molar-refractivity contribution in [2.24, 2.45) is 5.92 Å². The molecule has 1 amide bonds. The number of carboxylic acids is 1. The number of fused-ring (bicyclic) bond motifs is 1. The lowest BCUT2D eigenvalue weighted by Gasteiger charge is -2.36. The van der Waals surface area contributed by atoms with Crippen molar-refractivity contribution in [1.29, 1.82) is 0 Å². The fourth-order valence-corrected chi connectivity index (χ4v) is 2.21. The molecule has 0 spiro atoms. The minimum atomic E-state index is -1.14. The maximum atomic E-state index is 12.2. The van der Waals surface area contributed by atoms with Gasteiger partial charge >= 0.3 is 5.97 Å². The summed E-state index contributed by atoms with van der Waals surface area (Å²) < 4.78 is 5.95. The smallest absolute Gasteiger partial charge is 0.328 e. The Labute approximate surface area is 123 Å². The van der Waals surface area contributed by atoms with E-state index in [1.807, 2.05) is 39.0 Å². The van der Waals surface area contributed by atoms with Gasteiger partial charge in [0.25, 0.3) is 5.91 Å². The quantitative estimate of drug-likeness (QED) is 0.868. The highest BCUT2D eigenvalue weighted by molar-refractivity contribution is 6.05. The van der Waals surface area contributed by atoms with E-state index in [2.05, 4.69) is 0 Å². The van der Waals surface area contributed by atoms with E-state index < -0.39 is 5.97 Å². The molecule has 0 aromatic heterocycles. The van der Waals surface area contributed by atoms with Crippen molar-refractivity contribution in [3.8, 4) is 5.75 Å². The second-order valence-electron chi connectivity index (χ2n) is 5.49. The molecule has 0 saturated carbocycles. The Morgan fingerprint density at radius 1 is 1.38 bits per heavy atom. The molecule has 1 aliphatic rings. The number of nitrogens with zero attached hydrogens (tertiary/aromatic N) is 1. The zero-order chi connectivity index (χ0) is 15.6. The lowest BCUT2D eigenvalue weighted by molar-refractivity contribution is -0.131. The number of carboxylic acid groups (broad SMARTS) is 1. The molecule has 21 heavy (non-hydrogen) atoms. The first-order valence-corrected chi connectivity index (χ1v) is 6.88. The van der Waals surface area contributed by atoms with Crippen molar-refractivity contribution >= 4 is 17.6 Å². The molecule has 0 bridgehead atoms. The minimum Gasteiger partial charge on any atom is -0.486 e. The minimum absolute atomic E-state index is 0.110. The highest BCUT2D eigenvalue weighted by Crippen LogP contribution is 2.35. The number of hydrogen-bond acceptors (Lipinski definition) is 3. The van der Waals surface area contributed by atoms with Crippen LogP contribution in [0.3, 0.4) is 0 Å². The number of hydrogen-bond donors (Lipinski definition) is 1. The molecular formula is C16H19NO4. The number of aliphatic carboxylic acids is 1. The summed E-state index contributed by atoms with van der Waals surface area (Å²) in [5, 5.41) is 8.65. The summed E-state index contributed by atoms with van der Waals surface area (Å²) in [5.41, 5.74) is 1.73. The maximum Gasteiger partial charge on any atom is 0.328 e. The Hall–Kier alpha value is -2.30. The SMILES string of the molecule is Cc1ccc2c(c1)OC(C(C)C)CN2C(=O)/C=C/C(=O)O. The van der Waals surface area contributed by atoms with Gasteiger partial charge in [-0.05, 0) is 30.5 Å². The number of amides is 1. The van der Waals surface area contributed by atoms with Crippen molar-refractivity contribution in [2.45, 2.75) is 26.9 Å². The van der Waals surface area contributed by atoms with Gasteiger partial charge in [0, 0.05) is 12.2 Å². The van der Waals surface area contributed by atoms with Gasteiger partial charge in [0.05, 0.1) is 12.2 Å². The highest BCUT2D eigenvalue weighted by atomic mass is 16.5. The molecule has 2 rings (SSSR count). The number of ether oxygens (including phenoxy) is 1. The summed E-state index contributed by atoms with van der Waals surface area (Å²) >= 11 is 0. The van der Waals surface area contributed by atoms with Crippen LogP contribution in [0.4, 0.5) is 5.69 Å². The Morgan fingerprint density at radius 3 is 2.71 bits per heavy atom. The van der Waals surface area contributed by atoms with Crippen molar-refractivity contribution < 1.29 is 19.4 Å². The summed E-state index contributed by atoms with van der Waals surface area (Å²) in [7, 11) is 0. The second kappa shape index (κ2) is 5.99. The van der Waals surface area contributed by atoms with Gasteiger partial charge in [-0.1, -0.05) is 19.9 Å². The third kappa shape index (κ3) is 3.42. The van der Waals surface area contributed by atoms with Gasteiger partial charge < -0.3 is 14.7 Å². The predicted molar refractivity (Wildman–Crippen MR) is 79.6 cm³/mol. The molecule has 1 aromatic carbocycles. The highest BCUT2D eigenvalue weighted by Gasteiger charge is 2.30. The van der Waals surface area contributed by atoms with Crippen LogP contribution in [0.1, 0.15) is 19.4 Å². The van der Waals surface area contributed by atoms with Gasteiger partial charge in [-0.15, -0.1) is 0 Å². The summed E-state index contributed by atoms with van der Waals surface area (Å²) in [5.74, 6) is -0.577. The molecule has 1 heterocycles. The van der Waals surface area contributed by atoms with E-state index in [9.17, 15) is 9.59 Å². The van der Waals surface area contributed by atoms with Crippen molar-refractivity contribution in [3.05, 3.63) is 35.9 Å². The average Bonchev–Trinajstić information content (AvgIpc) is 2.42. The van der Waals surface area contributed by atoms with E-state index in [-0.39, 0.29) is 17.9 Å². The maximum absolute atomic E-state index is 12.2. The standard InChI is InChI=1S/C16H19NO4/c1-10(2)14-9-17(15(18)6-7-16(19)20)12-5-4-11(3)8-13(12)21-14/h4-8,10,14H,9H2,1-3H3,(H,19,20)/b7-6+. The lowest BCUT2D eigenvalue weighted by atomic mass is 10.0. The molecule has 1 aromatic rings. The van der Waals surface area contributed by atoms with Gasteiger partial charge in [-0.25, -0.2) is 4.79 Å². The molecule has 0 saturated heterocycles. The lowest BCUT2D eigenvalue weighted by Crippen LogP contribution is -2.45. The van der Waals surface area contributed by atoms with Gasteiger partial charge in [0.2, 0.25) is 0 Å². The van der Waals surface area contributed by atoms with E-state index in [4.69, 9.17) is 9.84 Å². The zero-order valence-corrected chi connectivity index (χ0v) is 12.4. The third-order valence-corrected chi connectivity index (χ3v) is 3.43. The van der Waals surface area contributed by atoms with Crippen LogP contribution >= 0.6 is 0 Å². The molecule has 0 fully saturated rings. The molecule has 5 heteroatoms. The number of rotatable bonds is 3. The summed E-state index contributed by atoms with van der Waals surface area (Å²) in [6, 6.07) is 5.62. The molecule has 1 atom stereocenters. The van der Waals surface area contributed by atoms with E-state index in [0.29, 0.717) is 18.0 Å². The van der Waals surface area contributed by atoms with Crippen molar-refractivity contribution in [2.75, 3.05) is 11.4 Å². The largest absolute Gasteiger partial charge is 0.486 e. The first-order chi connectivity index (χ1) is 9.88. The Morgan fingerprint density at radius 2 is 2.10 bits per heavy atom. The van der Waals surface area contributed by atoms with Crippen molar-refractivity contribution in [3.63, 3.8) is 0 Å². The van der Waals surface area contributed by atoms with Crippen LogP contribution in [-0.4, -0.2) is 29.6 Å². The molecule has 1 aliphatic heterocycles. The molecule has 0 aliphatic carbocycles. The number of aryl methyl sites for hydroxylation is 1. The predicted octanol–water partition coefficient (Wildman–Crippen LogP) is 2.39. The van der Waals surface area contributed by atoms with E-state index >= 15 is 0 Å². The Kier molecular flexibility index (Phi) is 4.31. The molecule has 5 nitrogen and oxygen atoms in total. The zero-order valence-electron chi connectivity index (χ0n) is 12.4. The first kappa shape index (κ1) is 15.1. The van der Waals surface area contributed by atoms with Crippen LogP contribution < -0.4 is 9.64 Å². The number of carbonyl (C=O) groups excluding carboxylic acids is 1. The second-order valence-corrected chi connectivity index (χ2v) is 5.49. The molecule has 0 radical (unpaired) electrons. The fourth-order valence-electron chi connectivity index (χ4n) is 2.21. The van der Waals surface area contributed by atoms with Crippen LogP contribution in [0, 0.1) is 12.8 Å². The van der Waals surface area contributed by atoms with Gasteiger partial charge in [0.1, 0.15) is 11.9 Å². The van der Waals surface area contributed by atoms with E-state index in [1.54, 1.807) is 4.90 Å². The van der Waals surface area contributed by atoms with Gasteiger partial charge in [0.15, 0.2) is 0 Å². The topological polar surface area (TPSA) is 66.8 Å². The van der Waals surface area contributed by atoms with Crippen molar-refractivity contribution in [1.82, 2.24) is 0 Å². The Bertz CT molecular complexity index is 592. The molecule has 1 unspecified atom stereocenters. The number of benzene rings is 1. The third-order valence-electron chi connectivity index (χ3n) is 3.43. The number of anilines is 1. The fraction of sp³-hybridized carbons (Fsp3) is 0.375. The molecular weight excluding hydrogens is 270 g/mol. The van der Waals surface area contributed by atoms with Crippen LogP contribution in [0.15, 0.2) is 30.4 Å². The summed E-state index contributed by atoms with van der Waals surface area (Å²) in [6.07, 6.45) is 1.83. The average molecular weight is 289 g/mol. The van der Waals surface area contributed by atoms with E-state index in [1.165, 1.54) is 0 Å². The summed E-state index contributed by atoms with van der Waals surface area (Å²) in [6.45, 7) is 6.43. The van der Waals surface area contributed by atoms with Crippen LogP contribution in [-0.2, 0) is 9.59 Å². The first-order valence-electron chi connectivity index (χ1n) is 6.88. The van der Waals surface area contributed by atoms with Crippen LogP contribution in [0.25, 0.3) is 0 Å². The normalized spacial score (nSPS) is 17.7. The Balaban J connectivity index is 2.36. The van der Waals surface area contributed by atoms with Gasteiger partial charge in [-0.3, -0.25) is 4.79 Å². The van der Waals surface area contributed by atoms with Gasteiger partial charge in [-0.2, -0.15) is 0 Å². The number of carbonyl (C=O) groups is 2. The molecule has 1 N–H and O–H groups in total.